The van der Waals surface area contributed by atoms with Crippen LogP contribution in [0, 0.1) is 13.8 Å². The first kappa shape index (κ1) is 14.9. The molecule has 2 heterocycles. The van der Waals surface area contributed by atoms with Gasteiger partial charge in [-0.25, -0.2) is 18.4 Å². The molecule has 19 heavy (non-hydrogen) atoms. The first-order valence-corrected chi connectivity index (χ1v) is 8.82. The summed E-state index contributed by atoms with van der Waals surface area (Å²) in [6, 6.07) is 0. The normalized spacial score (nSPS) is 12.3. The van der Waals surface area contributed by atoms with E-state index in [4.69, 9.17) is 11.6 Å². The molecule has 2 rings (SSSR count). The monoisotopic (exact) mass is 337 g/mol. The maximum Gasteiger partial charge on any atom is 0.254 e. The van der Waals surface area contributed by atoms with Crippen LogP contribution in [0.25, 0.3) is 0 Å². The van der Waals surface area contributed by atoms with Crippen molar-refractivity contribution < 1.29 is 8.42 Å². The van der Waals surface area contributed by atoms with Crippen LogP contribution in [-0.4, -0.2) is 29.7 Å². The molecule has 0 saturated carbocycles. The Bertz CT molecular complexity index is 693. The molecule has 0 bridgehead atoms. The van der Waals surface area contributed by atoms with Gasteiger partial charge in [0.25, 0.3) is 10.0 Å². The van der Waals surface area contributed by atoms with Crippen molar-refractivity contribution in [1.29, 1.82) is 0 Å². The predicted octanol–water partition coefficient (Wildman–Crippen LogP) is 2.69. The summed E-state index contributed by atoms with van der Waals surface area (Å²) in [5.74, 6) is 0. The first-order chi connectivity index (χ1) is 8.82. The molecule has 0 aliphatic heterocycles. The van der Waals surface area contributed by atoms with E-state index in [1.807, 2.05) is 6.92 Å². The molecule has 2 aromatic heterocycles. The van der Waals surface area contributed by atoms with Gasteiger partial charge in [-0.05, 0) is 13.8 Å². The molecule has 0 unspecified atom stereocenters. The number of hydrogen-bond acceptors (Lipinski definition) is 6. The van der Waals surface area contributed by atoms with Crippen molar-refractivity contribution in [1.82, 2.24) is 14.3 Å². The van der Waals surface area contributed by atoms with Gasteiger partial charge < -0.3 is 0 Å². The molecule has 0 aromatic carbocycles. The van der Waals surface area contributed by atoms with Gasteiger partial charge in [0.1, 0.15) is 0 Å². The largest absolute Gasteiger partial charge is 0.254 e. The van der Waals surface area contributed by atoms with E-state index in [9.17, 15) is 8.42 Å². The zero-order valence-electron chi connectivity index (χ0n) is 10.5. The molecule has 0 spiro atoms. The molecule has 0 saturated heterocycles. The van der Waals surface area contributed by atoms with Crippen molar-refractivity contribution in [2.45, 2.75) is 24.6 Å². The number of hydrogen-bond donors (Lipinski definition) is 0. The highest BCUT2D eigenvalue weighted by molar-refractivity contribution is 7.91. The second-order valence-corrected chi connectivity index (χ2v) is 8.72. The van der Waals surface area contributed by atoms with Crippen molar-refractivity contribution in [3.63, 3.8) is 0 Å². The van der Waals surface area contributed by atoms with E-state index in [0.29, 0.717) is 12.2 Å². The van der Waals surface area contributed by atoms with Crippen LogP contribution in [0.15, 0.2) is 9.72 Å². The van der Waals surface area contributed by atoms with E-state index in [2.05, 4.69) is 9.97 Å². The number of sulfonamides is 1. The highest BCUT2D eigenvalue weighted by Gasteiger charge is 2.27. The Morgan fingerprint density at radius 3 is 2.53 bits per heavy atom. The van der Waals surface area contributed by atoms with E-state index in [0.717, 1.165) is 21.9 Å². The summed E-state index contributed by atoms with van der Waals surface area (Å²) in [5.41, 5.74) is 2.99. The van der Waals surface area contributed by atoms with E-state index < -0.39 is 10.0 Å². The Labute approximate surface area is 124 Å². The van der Waals surface area contributed by atoms with E-state index >= 15 is 0 Å². The lowest BCUT2D eigenvalue weighted by atomic mass is 10.4. The molecule has 9 heteroatoms. The van der Waals surface area contributed by atoms with Gasteiger partial charge in [0.15, 0.2) is 8.68 Å². The van der Waals surface area contributed by atoms with Gasteiger partial charge in [0.05, 0.1) is 16.9 Å². The second-order valence-electron chi connectivity index (χ2n) is 3.96. The number of halogens is 1. The predicted molar refractivity (Wildman–Crippen MR) is 77.4 cm³/mol. The lowest BCUT2D eigenvalue weighted by molar-refractivity contribution is 0.470. The smallest absolute Gasteiger partial charge is 0.250 e. The third-order valence-corrected chi connectivity index (χ3v) is 7.16. The van der Waals surface area contributed by atoms with Gasteiger partial charge in [-0.3, -0.25) is 0 Å². The Kier molecular flexibility index (Phi) is 4.26. The maximum absolute atomic E-state index is 12.4. The van der Waals surface area contributed by atoms with Crippen LogP contribution in [0.1, 0.15) is 16.3 Å². The Balaban J connectivity index is 2.30. The minimum absolute atomic E-state index is 0.196. The Morgan fingerprint density at radius 1 is 1.37 bits per heavy atom. The fourth-order valence-corrected chi connectivity index (χ4v) is 5.47. The molecule has 0 aliphatic carbocycles. The van der Waals surface area contributed by atoms with Gasteiger partial charge in [-0.15, -0.1) is 11.3 Å². The van der Waals surface area contributed by atoms with Crippen LogP contribution in [0.3, 0.4) is 0 Å². The van der Waals surface area contributed by atoms with Crippen LogP contribution in [-0.2, 0) is 16.6 Å². The summed E-state index contributed by atoms with van der Waals surface area (Å²) >= 11 is 8.18. The lowest BCUT2D eigenvalue weighted by Gasteiger charge is -2.15. The number of thiazole rings is 2. The molecule has 0 atom stereocenters. The maximum atomic E-state index is 12.4. The van der Waals surface area contributed by atoms with Crippen LogP contribution in [0.5, 0.6) is 0 Å². The second kappa shape index (κ2) is 5.45. The summed E-state index contributed by atoms with van der Waals surface area (Å²) in [6.45, 7) is 3.80. The zero-order valence-corrected chi connectivity index (χ0v) is 13.8. The topological polar surface area (TPSA) is 63.2 Å². The molecule has 0 aliphatic rings. The van der Waals surface area contributed by atoms with Crippen molar-refractivity contribution >= 4 is 44.3 Å². The summed E-state index contributed by atoms with van der Waals surface area (Å²) in [6.07, 6.45) is 0. The molecule has 104 valence electrons. The number of aryl methyl sites for hydroxylation is 2. The SMILES string of the molecule is Cc1ncsc1CN(C)S(=O)(=O)c1sc(Cl)nc1C. The molecule has 0 N–H and O–H groups in total. The highest BCUT2D eigenvalue weighted by Crippen LogP contribution is 2.30. The highest BCUT2D eigenvalue weighted by atomic mass is 35.5. The van der Waals surface area contributed by atoms with E-state index in [1.54, 1.807) is 19.5 Å². The summed E-state index contributed by atoms with van der Waals surface area (Å²) < 4.78 is 26.6. The Hall–Kier alpha value is -0.540. The molecule has 0 fully saturated rings. The fourth-order valence-electron chi connectivity index (χ4n) is 1.50. The number of aromatic nitrogens is 2. The molecule has 2 aromatic rings. The van der Waals surface area contributed by atoms with Gasteiger partial charge >= 0.3 is 0 Å². The molecule has 0 amide bonds. The van der Waals surface area contributed by atoms with Gasteiger partial charge in [-0.1, -0.05) is 22.9 Å². The zero-order chi connectivity index (χ0) is 14.2. The summed E-state index contributed by atoms with van der Waals surface area (Å²) in [5, 5.41) is 0. The van der Waals surface area contributed by atoms with Crippen molar-refractivity contribution in [3.8, 4) is 0 Å². The molecule has 5 nitrogen and oxygen atoms in total. The third kappa shape index (κ3) is 2.97. The standard InChI is InChI=1S/C10H12ClN3O2S3/c1-6-8(17-5-12-6)4-14(3)19(15,16)9-7(2)13-10(11)18-9/h5H,4H2,1-3H3. The van der Waals surface area contributed by atoms with Gasteiger partial charge in [-0.2, -0.15) is 4.31 Å². The number of nitrogens with zero attached hydrogens (tertiary/aromatic N) is 3. The van der Waals surface area contributed by atoms with Gasteiger partial charge in [0.2, 0.25) is 0 Å². The average Bonchev–Trinajstić information content (AvgIpc) is 2.86. The van der Waals surface area contributed by atoms with Crippen LogP contribution < -0.4 is 0 Å². The summed E-state index contributed by atoms with van der Waals surface area (Å²) in [4.78, 5) is 8.98. The molecule has 0 radical (unpaired) electrons. The lowest BCUT2D eigenvalue weighted by Crippen LogP contribution is -2.26. The third-order valence-electron chi connectivity index (χ3n) is 2.58. The van der Waals surface area contributed by atoms with E-state index in [1.165, 1.54) is 15.6 Å². The van der Waals surface area contributed by atoms with E-state index in [-0.39, 0.29) is 8.68 Å². The van der Waals surface area contributed by atoms with Crippen LogP contribution >= 0.6 is 34.3 Å². The molecular formula is C10H12ClN3O2S3. The summed E-state index contributed by atoms with van der Waals surface area (Å²) in [7, 11) is -2.01. The minimum atomic E-state index is -3.56. The fraction of sp³-hybridized carbons (Fsp3) is 0.400. The quantitative estimate of drug-likeness (QED) is 0.860. The average molecular weight is 338 g/mol. The number of rotatable bonds is 4. The van der Waals surface area contributed by atoms with Crippen LogP contribution in [0.4, 0.5) is 0 Å². The van der Waals surface area contributed by atoms with Crippen molar-refractivity contribution in [2.75, 3.05) is 7.05 Å². The molecular weight excluding hydrogens is 326 g/mol. The Morgan fingerprint density at radius 2 is 2.05 bits per heavy atom. The first-order valence-electron chi connectivity index (χ1n) is 5.30. The van der Waals surface area contributed by atoms with Crippen molar-refractivity contribution in [2.24, 2.45) is 0 Å². The van der Waals surface area contributed by atoms with Crippen LogP contribution in [0.2, 0.25) is 4.47 Å². The van der Waals surface area contributed by atoms with Crippen molar-refractivity contribution in [3.05, 3.63) is 26.2 Å². The van der Waals surface area contributed by atoms with Gasteiger partial charge in [0, 0.05) is 18.5 Å². The minimum Gasteiger partial charge on any atom is -0.250 e.